The summed E-state index contributed by atoms with van der Waals surface area (Å²) in [5.41, 5.74) is 2.18. The van der Waals surface area contributed by atoms with Gasteiger partial charge in [0.05, 0.1) is 23.8 Å². The first-order chi connectivity index (χ1) is 10.8. The average molecular weight is 334 g/mol. The van der Waals surface area contributed by atoms with Gasteiger partial charge in [0.15, 0.2) is 5.78 Å². The van der Waals surface area contributed by atoms with Gasteiger partial charge in [0.25, 0.3) is 0 Å². The van der Waals surface area contributed by atoms with Crippen LogP contribution in [0.4, 0.5) is 0 Å². The molecule has 2 aromatic rings. The van der Waals surface area contributed by atoms with Crippen molar-refractivity contribution in [2.24, 2.45) is 0 Å². The molecule has 0 bridgehead atoms. The number of Topliss-reactive ketones (excluding diaryl/α,β-unsaturated/α-hetero) is 1. The minimum Gasteiger partial charge on any atom is -0.339 e. The molecule has 6 nitrogen and oxygen atoms in total. The lowest BCUT2D eigenvalue weighted by atomic mass is 10.1. The quantitative estimate of drug-likeness (QED) is 0.762. The second kappa shape index (κ2) is 7.04. The van der Waals surface area contributed by atoms with Gasteiger partial charge in [-0.1, -0.05) is 0 Å². The van der Waals surface area contributed by atoms with Gasteiger partial charge in [-0.05, 0) is 27.7 Å². The van der Waals surface area contributed by atoms with Crippen LogP contribution in [0.25, 0.3) is 0 Å². The van der Waals surface area contributed by atoms with E-state index in [2.05, 4.69) is 10.1 Å². The predicted octanol–water partition coefficient (Wildman–Crippen LogP) is 2.77. The number of thiazole rings is 1. The van der Waals surface area contributed by atoms with Crippen LogP contribution in [-0.2, 0) is 11.3 Å². The van der Waals surface area contributed by atoms with Crippen LogP contribution in [0.3, 0.4) is 0 Å². The van der Waals surface area contributed by atoms with Gasteiger partial charge in [0.2, 0.25) is 5.91 Å². The van der Waals surface area contributed by atoms with Crippen LogP contribution < -0.4 is 0 Å². The van der Waals surface area contributed by atoms with E-state index in [1.807, 2.05) is 26.2 Å². The number of rotatable bonds is 6. The first-order valence-corrected chi connectivity index (χ1v) is 8.38. The van der Waals surface area contributed by atoms with Crippen molar-refractivity contribution in [3.8, 4) is 0 Å². The summed E-state index contributed by atoms with van der Waals surface area (Å²) in [7, 11) is 1.78. The molecule has 23 heavy (non-hydrogen) atoms. The number of aryl methyl sites for hydroxylation is 1. The Bertz CT molecular complexity index is 706. The lowest BCUT2D eigenvalue weighted by Gasteiger charge is -2.19. The summed E-state index contributed by atoms with van der Waals surface area (Å²) >= 11 is 1.53. The summed E-state index contributed by atoms with van der Waals surface area (Å²) in [4.78, 5) is 29.9. The van der Waals surface area contributed by atoms with Crippen LogP contribution in [0.1, 0.15) is 53.1 Å². The Labute approximate surface area is 140 Å². The van der Waals surface area contributed by atoms with E-state index >= 15 is 0 Å². The molecular weight excluding hydrogens is 312 g/mol. The number of carbonyl (C=O) groups is 2. The zero-order chi connectivity index (χ0) is 17.1. The molecule has 0 N–H and O–H groups in total. The molecular formula is C16H22N4O2S. The van der Waals surface area contributed by atoms with E-state index in [0.29, 0.717) is 24.2 Å². The lowest BCUT2D eigenvalue weighted by molar-refractivity contribution is -0.131. The monoisotopic (exact) mass is 334 g/mol. The molecule has 2 rings (SSSR count). The maximum Gasteiger partial charge on any atom is 0.224 e. The van der Waals surface area contributed by atoms with Crippen LogP contribution in [0, 0.1) is 13.8 Å². The summed E-state index contributed by atoms with van der Waals surface area (Å²) in [5, 5.41) is 7.25. The van der Waals surface area contributed by atoms with Gasteiger partial charge in [0.1, 0.15) is 5.01 Å². The number of nitrogens with zero attached hydrogens (tertiary/aromatic N) is 4. The van der Waals surface area contributed by atoms with Crippen molar-refractivity contribution >= 4 is 23.0 Å². The second-order valence-corrected chi connectivity index (χ2v) is 6.75. The van der Waals surface area contributed by atoms with Gasteiger partial charge in [-0.3, -0.25) is 14.3 Å². The van der Waals surface area contributed by atoms with Crippen LogP contribution in [0.5, 0.6) is 0 Å². The maximum absolute atomic E-state index is 12.4. The van der Waals surface area contributed by atoms with E-state index < -0.39 is 0 Å². The minimum absolute atomic E-state index is 0.00524. The van der Waals surface area contributed by atoms with Crippen LogP contribution in [0.2, 0.25) is 0 Å². The minimum atomic E-state index is -0.104. The number of ketones is 1. The molecule has 124 valence electrons. The molecule has 0 aliphatic carbocycles. The average Bonchev–Trinajstić information content (AvgIpc) is 3.06. The van der Waals surface area contributed by atoms with Crippen molar-refractivity contribution in [3.63, 3.8) is 0 Å². The largest absolute Gasteiger partial charge is 0.339 e. The lowest BCUT2D eigenvalue weighted by Crippen LogP contribution is -2.28. The van der Waals surface area contributed by atoms with Crippen molar-refractivity contribution in [1.82, 2.24) is 19.7 Å². The fourth-order valence-electron chi connectivity index (χ4n) is 2.72. The molecule has 1 amide bonds. The van der Waals surface area contributed by atoms with Gasteiger partial charge >= 0.3 is 0 Å². The maximum atomic E-state index is 12.4. The van der Waals surface area contributed by atoms with Crippen molar-refractivity contribution in [2.75, 3.05) is 7.05 Å². The van der Waals surface area contributed by atoms with Crippen molar-refractivity contribution in [3.05, 3.63) is 33.5 Å². The first kappa shape index (κ1) is 17.3. The Morgan fingerprint density at radius 3 is 2.61 bits per heavy atom. The molecule has 0 unspecified atom stereocenters. The van der Waals surface area contributed by atoms with Gasteiger partial charge in [-0.2, -0.15) is 5.10 Å². The third-order valence-corrected chi connectivity index (χ3v) is 4.61. The first-order valence-electron chi connectivity index (χ1n) is 7.50. The second-order valence-electron chi connectivity index (χ2n) is 5.78. The number of carbonyl (C=O) groups excluding carboxylic acids is 2. The molecule has 0 aromatic carbocycles. The molecule has 0 fully saturated rings. The fourth-order valence-corrected chi connectivity index (χ4v) is 3.39. The van der Waals surface area contributed by atoms with E-state index in [4.69, 9.17) is 0 Å². The molecule has 1 atom stereocenters. The molecule has 0 saturated carbocycles. The van der Waals surface area contributed by atoms with Crippen molar-refractivity contribution in [1.29, 1.82) is 0 Å². The summed E-state index contributed by atoms with van der Waals surface area (Å²) in [6, 6.07) is -0.104. The standard InChI is InChI=1S/C16H22N4O2S/c1-10(20-12(3)16(13(4)21)11(2)18-20)8-15(22)19(5)9-14-17-6-7-23-14/h6-7,10H,8-9H2,1-5H3/t10-/m1/s1. The Morgan fingerprint density at radius 2 is 2.09 bits per heavy atom. The summed E-state index contributed by atoms with van der Waals surface area (Å²) < 4.78 is 1.78. The number of amides is 1. The summed E-state index contributed by atoms with van der Waals surface area (Å²) in [5.74, 6) is 0.0373. The van der Waals surface area contributed by atoms with Crippen LogP contribution in [-0.4, -0.2) is 38.4 Å². The normalized spacial score (nSPS) is 12.2. The fraction of sp³-hybridized carbons (Fsp3) is 0.500. The molecule has 0 spiro atoms. The zero-order valence-corrected chi connectivity index (χ0v) is 15.0. The summed E-state index contributed by atoms with van der Waals surface area (Å²) in [6.45, 7) is 7.69. The summed E-state index contributed by atoms with van der Waals surface area (Å²) in [6.07, 6.45) is 2.07. The highest BCUT2D eigenvalue weighted by atomic mass is 32.1. The van der Waals surface area contributed by atoms with E-state index in [0.717, 1.165) is 10.7 Å². The molecule has 0 saturated heterocycles. The van der Waals surface area contributed by atoms with Crippen LogP contribution >= 0.6 is 11.3 Å². The Kier molecular flexibility index (Phi) is 5.30. The highest BCUT2D eigenvalue weighted by molar-refractivity contribution is 7.09. The van der Waals surface area contributed by atoms with Crippen LogP contribution in [0.15, 0.2) is 11.6 Å². The number of aromatic nitrogens is 3. The van der Waals surface area contributed by atoms with E-state index in [1.54, 1.807) is 29.7 Å². The molecule has 2 aromatic heterocycles. The highest BCUT2D eigenvalue weighted by Gasteiger charge is 2.21. The van der Waals surface area contributed by atoms with Gasteiger partial charge in [-0.25, -0.2) is 4.98 Å². The van der Waals surface area contributed by atoms with Gasteiger partial charge in [0, 0.05) is 30.7 Å². The molecule has 7 heteroatoms. The number of hydrogen-bond acceptors (Lipinski definition) is 5. The van der Waals surface area contributed by atoms with E-state index in [9.17, 15) is 9.59 Å². The third kappa shape index (κ3) is 3.85. The smallest absolute Gasteiger partial charge is 0.224 e. The zero-order valence-electron chi connectivity index (χ0n) is 14.2. The van der Waals surface area contributed by atoms with E-state index in [-0.39, 0.29) is 17.7 Å². The Balaban J connectivity index is 2.06. The molecule has 0 radical (unpaired) electrons. The van der Waals surface area contributed by atoms with Gasteiger partial charge < -0.3 is 4.90 Å². The molecule has 0 aliphatic rings. The van der Waals surface area contributed by atoms with Gasteiger partial charge in [-0.15, -0.1) is 11.3 Å². The van der Waals surface area contributed by atoms with Crippen molar-refractivity contribution in [2.45, 2.75) is 46.7 Å². The third-order valence-electron chi connectivity index (χ3n) is 3.85. The Morgan fingerprint density at radius 1 is 1.39 bits per heavy atom. The highest BCUT2D eigenvalue weighted by Crippen LogP contribution is 2.21. The topological polar surface area (TPSA) is 68.1 Å². The molecule has 2 heterocycles. The Hall–Kier alpha value is -2.02. The molecule has 0 aliphatic heterocycles. The van der Waals surface area contributed by atoms with Crippen molar-refractivity contribution < 1.29 is 9.59 Å². The van der Waals surface area contributed by atoms with E-state index in [1.165, 1.54) is 11.3 Å². The number of hydrogen-bond donors (Lipinski definition) is 0. The predicted molar refractivity (Wildman–Crippen MR) is 89.6 cm³/mol. The SMILES string of the molecule is CC(=O)c1c(C)nn([C@H](C)CC(=O)N(C)Cc2nccs2)c1C.